The summed E-state index contributed by atoms with van der Waals surface area (Å²) in [6.07, 6.45) is 2.11. The van der Waals surface area contributed by atoms with Crippen LogP contribution in [0.15, 0.2) is 0 Å². The fraction of sp³-hybridized carbons (Fsp3) is 0.900. The van der Waals surface area contributed by atoms with Crippen molar-refractivity contribution in [1.82, 2.24) is 5.32 Å². The summed E-state index contributed by atoms with van der Waals surface area (Å²) in [7, 11) is 0. The largest absolute Gasteiger partial charge is 0.465 e. The molecule has 0 radical (unpaired) electrons. The van der Waals surface area contributed by atoms with Crippen LogP contribution >= 0.6 is 0 Å². The summed E-state index contributed by atoms with van der Waals surface area (Å²) in [5, 5.41) is 3.22. The van der Waals surface area contributed by atoms with Gasteiger partial charge in [0.05, 0.1) is 6.61 Å². The molecule has 1 saturated carbocycles. The van der Waals surface area contributed by atoms with E-state index < -0.39 is 0 Å². The van der Waals surface area contributed by atoms with Crippen LogP contribution in [0, 0.1) is 11.8 Å². The zero-order chi connectivity index (χ0) is 10.1. The Hall–Kier alpha value is -0.610. The van der Waals surface area contributed by atoms with E-state index in [2.05, 4.69) is 5.32 Å². The summed E-state index contributed by atoms with van der Waals surface area (Å²) < 4.78 is 5.03. The number of nitrogens with one attached hydrogen (secondary N) is 1. The lowest BCUT2D eigenvalue weighted by atomic mass is 9.93. The molecule has 0 amide bonds. The Morgan fingerprint density at radius 1 is 1.50 bits per heavy atom. The van der Waals surface area contributed by atoms with Crippen molar-refractivity contribution in [3.63, 3.8) is 0 Å². The molecule has 0 aromatic carbocycles. The second-order valence-electron chi connectivity index (χ2n) is 4.21. The fourth-order valence-electron chi connectivity index (χ4n) is 2.75. The van der Waals surface area contributed by atoms with Gasteiger partial charge in [-0.05, 0) is 31.6 Å². The predicted octanol–water partition coefficient (Wildman–Crippen LogP) is -0.125. The van der Waals surface area contributed by atoms with Gasteiger partial charge in [0.25, 0.3) is 0 Å². The third kappa shape index (κ3) is 1.53. The van der Waals surface area contributed by atoms with Crippen molar-refractivity contribution >= 4 is 5.97 Å². The molecule has 1 aliphatic carbocycles. The van der Waals surface area contributed by atoms with Crippen LogP contribution < -0.4 is 11.1 Å². The first kappa shape index (κ1) is 9.93. The first-order chi connectivity index (χ1) is 6.74. The highest BCUT2D eigenvalue weighted by Crippen LogP contribution is 2.37. The predicted molar refractivity (Wildman–Crippen MR) is 52.6 cm³/mol. The van der Waals surface area contributed by atoms with Crippen LogP contribution in [0.2, 0.25) is 0 Å². The SMILES string of the molecule is CCOC(=O)[C@H]1NC[C@H]2[C@@H]1CC[C@H]2N. The average molecular weight is 198 g/mol. The summed E-state index contributed by atoms with van der Waals surface area (Å²) in [5.74, 6) is 0.780. The Kier molecular flexibility index (Phi) is 2.74. The van der Waals surface area contributed by atoms with Crippen molar-refractivity contribution in [2.24, 2.45) is 17.6 Å². The van der Waals surface area contributed by atoms with Gasteiger partial charge in [0, 0.05) is 12.6 Å². The lowest BCUT2D eigenvalue weighted by molar-refractivity contribution is -0.146. The summed E-state index contributed by atoms with van der Waals surface area (Å²) in [6.45, 7) is 3.17. The fourth-order valence-corrected chi connectivity index (χ4v) is 2.75. The Morgan fingerprint density at radius 2 is 2.29 bits per heavy atom. The maximum atomic E-state index is 11.6. The van der Waals surface area contributed by atoms with Gasteiger partial charge in [0.2, 0.25) is 0 Å². The Balaban J connectivity index is 1.99. The molecule has 1 aliphatic heterocycles. The zero-order valence-electron chi connectivity index (χ0n) is 8.53. The molecule has 14 heavy (non-hydrogen) atoms. The molecule has 0 unspecified atom stereocenters. The lowest BCUT2D eigenvalue weighted by Gasteiger charge is -2.16. The molecule has 2 aliphatic rings. The number of nitrogens with two attached hydrogens (primary N) is 1. The molecule has 2 fully saturated rings. The van der Waals surface area contributed by atoms with Crippen LogP contribution in [0.4, 0.5) is 0 Å². The molecule has 1 heterocycles. The van der Waals surface area contributed by atoms with Crippen LogP contribution in [0.1, 0.15) is 19.8 Å². The van der Waals surface area contributed by atoms with Crippen molar-refractivity contribution in [3.05, 3.63) is 0 Å². The highest BCUT2D eigenvalue weighted by atomic mass is 16.5. The molecular formula is C10H18N2O2. The van der Waals surface area contributed by atoms with Gasteiger partial charge in [-0.15, -0.1) is 0 Å². The number of esters is 1. The second kappa shape index (κ2) is 3.87. The van der Waals surface area contributed by atoms with Crippen LogP contribution in [0.3, 0.4) is 0 Å². The molecule has 1 saturated heterocycles. The molecule has 3 N–H and O–H groups in total. The summed E-state index contributed by atoms with van der Waals surface area (Å²) in [5.41, 5.74) is 5.96. The van der Waals surface area contributed by atoms with E-state index in [9.17, 15) is 4.79 Å². The van der Waals surface area contributed by atoms with Crippen LogP contribution in [-0.4, -0.2) is 31.2 Å². The second-order valence-corrected chi connectivity index (χ2v) is 4.21. The van der Waals surface area contributed by atoms with Gasteiger partial charge in [-0.25, -0.2) is 0 Å². The number of fused-ring (bicyclic) bond motifs is 1. The molecule has 80 valence electrons. The number of carbonyl (C=O) groups excluding carboxylic acids is 1. The van der Waals surface area contributed by atoms with Gasteiger partial charge in [-0.1, -0.05) is 0 Å². The average Bonchev–Trinajstić information content (AvgIpc) is 2.69. The summed E-state index contributed by atoms with van der Waals surface area (Å²) in [4.78, 5) is 11.6. The quantitative estimate of drug-likeness (QED) is 0.607. The Morgan fingerprint density at radius 3 is 3.00 bits per heavy atom. The third-order valence-corrected chi connectivity index (χ3v) is 3.48. The highest BCUT2D eigenvalue weighted by Gasteiger charge is 2.46. The minimum absolute atomic E-state index is 0.103. The molecule has 0 bridgehead atoms. The standard InChI is InChI=1S/C10H18N2O2/c1-2-14-10(13)9-6-3-4-8(11)7(6)5-12-9/h6-9,12H,2-5,11H2,1H3/t6-,7-,8+,9-/m0/s1. The number of rotatable bonds is 2. The summed E-state index contributed by atoms with van der Waals surface area (Å²) >= 11 is 0. The third-order valence-electron chi connectivity index (χ3n) is 3.48. The van der Waals surface area contributed by atoms with E-state index in [-0.39, 0.29) is 18.1 Å². The zero-order valence-corrected chi connectivity index (χ0v) is 8.53. The van der Waals surface area contributed by atoms with E-state index >= 15 is 0 Å². The van der Waals surface area contributed by atoms with E-state index in [0.29, 0.717) is 18.4 Å². The normalized spacial score (nSPS) is 41.0. The van der Waals surface area contributed by atoms with E-state index in [0.717, 1.165) is 19.4 Å². The van der Waals surface area contributed by atoms with E-state index in [1.54, 1.807) is 0 Å². The van der Waals surface area contributed by atoms with Gasteiger partial charge in [-0.2, -0.15) is 0 Å². The first-order valence-corrected chi connectivity index (χ1v) is 5.39. The minimum atomic E-state index is -0.103. The minimum Gasteiger partial charge on any atom is -0.465 e. The van der Waals surface area contributed by atoms with E-state index in [1.807, 2.05) is 6.92 Å². The van der Waals surface area contributed by atoms with Crippen molar-refractivity contribution < 1.29 is 9.53 Å². The van der Waals surface area contributed by atoms with Gasteiger partial charge in [0.15, 0.2) is 0 Å². The molecule has 2 rings (SSSR count). The van der Waals surface area contributed by atoms with Crippen LogP contribution in [0.25, 0.3) is 0 Å². The molecular weight excluding hydrogens is 180 g/mol. The molecule has 4 heteroatoms. The molecule has 0 spiro atoms. The van der Waals surface area contributed by atoms with E-state index in [1.165, 1.54) is 0 Å². The molecule has 4 atom stereocenters. The van der Waals surface area contributed by atoms with Gasteiger partial charge in [0.1, 0.15) is 6.04 Å². The van der Waals surface area contributed by atoms with Gasteiger partial charge in [-0.3, -0.25) is 4.79 Å². The molecule has 4 nitrogen and oxygen atoms in total. The number of ether oxygens (including phenoxy) is 1. The lowest BCUT2D eigenvalue weighted by Crippen LogP contribution is -2.37. The van der Waals surface area contributed by atoms with Crippen LogP contribution in [-0.2, 0) is 9.53 Å². The summed E-state index contributed by atoms with van der Waals surface area (Å²) in [6, 6.07) is 0.167. The number of hydrogen-bond acceptors (Lipinski definition) is 4. The Bertz CT molecular complexity index is 232. The number of carbonyl (C=O) groups is 1. The maximum absolute atomic E-state index is 11.6. The monoisotopic (exact) mass is 198 g/mol. The smallest absolute Gasteiger partial charge is 0.323 e. The van der Waals surface area contributed by atoms with Crippen molar-refractivity contribution in [2.45, 2.75) is 31.8 Å². The number of hydrogen-bond donors (Lipinski definition) is 2. The van der Waals surface area contributed by atoms with Crippen molar-refractivity contribution in [2.75, 3.05) is 13.2 Å². The Labute approximate surface area is 84.2 Å². The van der Waals surface area contributed by atoms with Crippen molar-refractivity contribution in [1.29, 1.82) is 0 Å². The maximum Gasteiger partial charge on any atom is 0.323 e. The topological polar surface area (TPSA) is 64.3 Å². The molecule has 0 aromatic heterocycles. The van der Waals surface area contributed by atoms with E-state index in [4.69, 9.17) is 10.5 Å². The van der Waals surface area contributed by atoms with Crippen molar-refractivity contribution in [3.8, 4) is 0 Å². The van der Waals surface area contributed by atoms with Gasteiger partial charge >= 0.3 is 5.97 Å². The first-order valence-electron chi connectivity index (χ1n) is 5.39. The van der Waals surface area contributed by atoms with Gasteiger partial charge < -0.3 is 15.8 Å². The highest BCUT2D eigenvalue weighted by molar-refractivity contribution is 5.76. The molecule has 0 aromatic rings. The van der Waals surface area contributed by atoms with Crippen LogP contribution in [0.5, 0.6) is 0 Å².